The van der Waals surface area contributed by atoms with Crippen LogP contribution < -0.4 is 11.1 Å². The number of aryl methyl sites for hydroxylation is 1. The van der Waals surface area contributed by atoms with Crippen LogP contribution in [0.1, 0.15) is 12.7 Å². The van der Waals surface area contributed by atoms with Crippen molar-refractivity contribution >= 4 is 23.1 Å². The molecule has 1 rings (SSSR count). The number of amides is 1. The summed E-state index contributed by atoms with van der Waals surface area (Å²) < 4.78 is 1.73. The molecule has 0 saturated heterocycles. The number of carbonyl (C=O) groups excluding carboxylic acids is 1. The Labute approximate surface area is 92.9 Å². The van der Waals surface area contributed by atoms with Gasteiger partial charge in [0, 0.05) is 7.05 Å². The zero-order valence-electron chi connectivity index (χ0n) is 8.60. The molecule has 1 amide bonds. The topological polar surface area (TPSA) is 85.8 Å². The molecule has 0 spiro atoms. The van der Waals surface area contributed by atoms with Crippen molar-refractivity contribution in [1.29, 1.82) is 0 Å². The number of hydrogen-bond donors (Lipinski definition) is 2. The van der Waals surface area contributed by atoms with E-state index < -0.39 is 5.92 Å². The quantitative estimate of drug-likeness (QED) is 0.668. The Bertz CT molecular complexity index is 375. The highest BCUT2D eigenvalue weighted by Gasteiger charge is 2.15. The number of rotatable bonds is 4. The van der Waals surface area contributed by atoms with Crippen molar-refractivity contribution in [2.24, 2.45) is 18.7 Å². The molecule has 7 heteroatoms. The second-order valence-corrected chi connectivity index (χ2v) is 3.67. The Hall–Kier alpha value is -1.50. The maximum Gasteiger partial charge on any atom is 0.230 e. The fraction of sp³-hybridized carbons (Fsp3) is 0.500. The number of nitrogens with two attached hydrogens (primary N) is 1. The minimum Gasteiger partial charge on any atom is -0.393 e. The molecule has 1 aromatic rings. The van der Waals surface area contributed by atoms with Gasteiger partial charge in [-0.05, 0) is 6.92 Å². The van der Waals surface area contributed by atoms with Crippen LogP contribution in [-0.2, 0) is 18.4 Å². The molecule has 1 atom stereocenters. The Morgan fingerprint density at radius 2 is 2.47 bits per heavy atom. The van der Waals surface area contributed by atoms with Crippen molar-refractivity contribution in [1.82, 2.24) is 20.1 Å². The highest BCUT2D eigenvalue weighted by molar-refractivity contribution is 7.80. The molecule has 6 nitrogen and oxygen atoms in total. The van der Waals surface area contributed by atoms with Gasteiger partial charge in [0.2, 0.25) is 5.91 Å². The number of carbonyl (C=O) groups is 1. The Balaban J connectivity index is 2.48. The second-order valence-electron chi connectivity index (χ2n) is 3.20. The monoisotopic (exact) mass is 227 g/mol. The molecule has 0 fully saturated rings. The number of aromatic nitrogens is 3. The summed E-state index contributed by atoms with van der Waals surface area (Å²) in [5.41, 5.74) is 5.35. The van der Waals surface area contributed by atoms with E-state index in [2.05, 4.69) is 15.5 Å². The van der Waals surface area contributed by atoms with Crippen LogP contribution in [0.4, 0.5) is 0 Å². The molecule has 0 aromatic carbocycles. The SMILES string of the molecule is CC(C(=O)NCc1nncn1C)C(N)=S. The average Bonchev–Trinajstić information content (AvgIpc) is 2.59. The minimum atomic E-state index is -0.465. The maximum atomic E-state index is 11.5. The lowest BCUT2D eigenvalue weighted by Crippen LogP contribution is -2.36. The first-order valence-corrected chi connectivity index (χ1v) is 4.83. The molecule has 0 bridgehead atoms. The van der Waals surface area contributed by atoms with Gasteiger partial charge in [-0.25, -0.2) is 0 Å². The summed E-state index contributed by atoms with van der Waals surface area (Å²) in [6.07, 6.45) is 1.57. The van der Waals surface area contributed by atoms with Gasteiger partial charge in [0.25, 0.3) is 0 Å². The van der Waals surface area contributed by atoms with Gasteiger partial charge in [0.05, 0.1) is 17.5 Å². The van der Waals surface area contributed by atoms with Gasteiger partial charge in [-0.1, -0.05) is 12.2 Å². The second kappa shape index (κ2) is 4.83. The van der Waals surface area contributed by atoms with E-state index >= 15 is 0 Å². The normalized spacial score (nSPS) is 12.1. The summed E-state index contributed by atoms with van der Waals surface area (Å²) >= 11 is 4.72. The summed E-state index contributed by atoms with van der Waals surface area (Å²) in [5.74, 6) is 0.0113. The van der Waals surface area contributed by atoms with Gasteiger partial charge in [0.1, 0.15) is 6.33 Å². The standard InChI is InChI=1S/C8H13N5OS/c1-5(7(9)15)8(14)10-3-6-12-11-4-13(6)2/h4-5H,3H2,1-2H3,(H2,9,15)(H,10,14). The van der Waals surface area contributed by atoms with E-state index in [0.717, 1.165) is 0 Å². The zero-order chi connectivity index (χ0) is 11.4. The first kappa shape index (κ1) is 11.6. The maximum absolute atomic E-state index is 11.5. The van der Waals surface area contributed by atoms with E-state index in [1.54, 1.807) is 24.9 Å². The Kier molecular flexibility index (Phi) is 3.73. The molecule has 1 aromatic heterocycles. The predicted molar refractivity (Wildman–Crippen MR) is 58.8 cm³/mol. The third-order valence-corrected chi connectivity index (χ3v) is 2.40. The molecule has 0 aliphatic heterocycles. The smallest absolute Gasteiger partial charge is 0.230 e. The molecular formula is C8H13N5OS. The molecule has 1 unspecified atom stereocenters. The van der Waals surface area contributed by atoms with Crippen LogP contribution in [0.25, 0.3) is 0 Å². The fourth-order valence-electron chi connectivity index (χ4n) is 0.916. The van der Waals surface area contributed by atoms with Crippen LogP contribution in [0.2, 0.25) is 0 Å². The molecule has 15 heavy (non-hydrogen) atoms. The van der Waals surface area contributed by atoms with Gasteiger partial charge in [0.15, 0.2) is 5.82 Å². The minimum absolute atomic E-state index is 0.186. The van der Waals surface area contributed by atoms with Crippen molar-refractivity contribution in [3.05, 3.63) is 12.2 Å². The van der Waals surface area contributed by atoms with Gasteiger partial charge in [-0.15, -0.1) is 10.2 Å². The lowest BCUT2D eigenvalue weighted by Gasteiger charge is -2.09. The van der Waals surface area contributed by atoms with Crippen LogP contribution in [0, 0.1) is 5.92 Å². The van der Waals surface area contributed by atoms with Gasteiger partial charge in [-0.3, -0.25) is 4.79 Å². The highest BCUT2D eigenvalue weighted by atomic mass is 32.1. The van der Waals surface area contributed by atoms with Crippen molar-refractivity contribution in [3.63, 3.8) is 0 Å². The number of thiocarbonyl (C=S) groups is 1. The third kappa shape index (κ3) is 2.98. The van der Waals surface area contributed by atoms with E-state index in [0.29, 0.717) is 12.4 Å². The van der Waals surface area contributed by atoms with Crippen LogP contribution >= 0.6 is 12.2 Å². The van der Waals surface area contributed by atoms with Gasteiger partial charge < -0.3 is 15.6 Å². The summed E-state index contributed by atoms with van der Waals surface area (Å²) in [4.78, 5) is 11.6. The van der Waals surface area contributed by atoms with Crippen molar-refractivity contribution < 1.29 is 4.79 Å². The van der Waals surface area contributed by atoms with Crippen LogP contribution in [0.3, 0.4) is 0 Å². The number of hydrogen-bond acceptors (Lipinski definition) is 4. The summed E-state index contributed by atoms with van der Waals surface area (Å²) in [6, 6.07) is 0. The Morgan fingerprint density at radius 3 is 2.93 bits per heavy atom. The molecule has 82 valence electrons. The molecular weight excluding hydrogens is 214 g/mol. The van der Waals surface area contributed by atoms with E-state index in [4.69, 9.17) is 18.0 Å². The van der Waals surface area contributed by atoms with Gasteiger partial charge >= 0.3 is 0 Å². The van der Waals surface area contributed by atoms with Crippen LogP contribution in [0.15, 0.2) is 6.33 Å². The molecule has 0 saturated carbocycles. The van der Waals surface area contributed by atoms with E-state index in [1.165, 1.54) is 0 Å². The lowest BCUT2D eigenvalue weighted by atomic mass is 10.1. The number of nitrogens with one attached hydrogen (secondary N) is 1. The first-order chi connectivity index (χ1) is 7.02. The van der Waals surface area contributed by atoms with Crippen molar-refractivity contribution in [2.75, 3.05) is 0 Å². The molecule has 0 aliphatic carbocycles. The van der Waals surface area contributed by atoms with Crippen molar-refractivity contribution in [2.45, 2.75) is 13.5 Å². The molecule has 0 radical (unpaired) electrons. The summed E-state index contributed by atoms with van der Waals surface area (Å²) in [5, 5.41) is 10.2. The van der Waals surface area contributed by atoms with E-state index in [9.17, 15) is 4.79 Å². The van der Waals surface area contributed by atoms with Crippen LogP contribution in [0.5, 0.6) is 0 Å². The first-order valence-electron chi connectivity index (χ1n) is 4.42. The largest absolute Gasteiger partial charge is 0.393 e. The van der Waals surface area contributed by atoms with Crippen LogP contribution in [-0.4, -0.2) is 25.7 Å². The summed E-state index contributed by atoms with van der Waals surface area (Å²) in [7, 11) is 1.80. The zero-order valence-corrected chi connectivity index (χ0v) is 9.41. The average molecular weight is 227 g/mol. The van der Waals surface area contributed by atoms with Crippen molar-refractivity contribution in [3.8, 4) is 0 Å². The fourth-order valence-corrected chi connectivity index (χ4v) is 1.02. The molecule has 0 aliphatic rings. The molecule has 1 heterocycles. The predicted octanol–water partition coefficient (Wildman–Crippen LogP) is -0.646. The molecule has 3 N–H and O–H groups in total. The van der Waals surface area contributed by atoms with Gasteiger partial charge in [-0.2, -0.15) is 0 Å². The van der Waals surface area contributed by atoms with E-state index in [-0.39, 0.29) is 10.9 Å². The lowest BCUT2D eigenvalue weighted by molar-refractivity contribution is -0.122. The Morgan fingerprint density at radius 1 is 1.80 bits per heavy atom. The summed E-state index contributed by atoms with van der Waals surface area (Å²) in [6.45, 7) is 1.98. The van der Waals surface area contributed by atoms with E-state index in [1.807, 2.05) is 0 Å². The number of nitrogens with zero attached hydrogens (tertiary/aromatic N) is 3. The highest BCUT2D eigenvalue weighted by Crippen LogP contribution is 1.96. The third-order valence-electron chi connectivity index (χ3n) is 2.05.